The highest BCUT2D eigenvalue weighted by molar-refractivity contribution is 7.09. The van der Waals surface area contributed by atoms with E-state index in [9.17, 15) is 8.78 Å². The summed E-state index contributed by atoms with van der Waals surface area (Å²) in [4.78, 5) is 4.37. The molecule has 0 amide bonds. The van der Waals surface area contributed by atoms with Gasteiger partial charge in [0.1, 0.15) is 16.6 Å². The predicted molar refractivity (Wildman–Crippen MR) is 74.1 cm³/mol. The van der Waals surface area contributed by atoms with E-state index in [1.165, 1.54) is 23.5 Å². The lowest BCUT2D eigenvalue weighted by molar-refractivity contribution is 0.424. The summed E-state index contributed by atoms with van der Waals surface area (Å²) in [5.74, 6) is -1.16. The summed E-state index contributed by atoms with van der Waals surface area (Å²) < 4.78 is 26.5. The van der Waals surface area contributed by atoms with Gasteiger partial charge in [-0.3, -0.25) is 0 Å². The van der Waals surface area contributed by atoms with Crippen LogP contribution in [0, 0.1) is 11.6 Å². The molecular formula is C14H16F2N2S. The molecule has 1 N–H and O–H groups in total. The third-order valence-corrected chi connectivity index (χ3v) is 3.38. The summed E-state index contributed by atoms with van der Waals surface area (Å²) in [5.41, 5.74) is 0.889. The van der Waals surface area contributed by atoms with Gasteiger partial charge in [-0.15, -0.1) is 11.3 Å². The number of benzene rings is 1. The van der Waals surface area contributed by atoms with Gasteiger partial charge >= 0.3 is 0 Å². The van der Waals surface area contributed by atoms with E-state index >= 15 is 0 Å². The molecule has 0 radical (unpaired) electrons. The molecule has 5 heteroatoms. The molecule has 102 valence electrons. The van der Waals surface area contributed by atoms with E-state index in [-0.39, 0.29) is 5.54 Å². The summed E-state index contributed by atoms with van der Waals surface area (Å²) in [5, 5.41) is 5.99. The van der Waals surface area contributed by atoms with Crippen LogP contribution >= 0.6 is 11.3 Å². The molecule has 1 aromatic carbocycles. The molecule has 2 nitrogen and oxygen atoms in total. The number of rotatable bonds is 3. The summed E-state index contributed by atoms with van der Waals surface area (Å²) in [7, 11) is 0. The van der Waals surface area contributed by atoms with Crippen LogP contribution in [0.15, 0.2) is 23.6 Å². The molecule has 0 aliphatic rings. The quantitative estimate of drug-likeness (QED) is 0.921. The molecule has 0 spiro atoms. The molecule has 0 unspecified atom stereocenters. The molecule has 0 fully saturated rings. The second-order valence-corrected chi connectivity index (χ2v) is 6.30. The fourth-order valence-electron chi connectivity index (χ4n) is 1.55. The zero-order valence-electron chi connectivity index (χ0n) is 11.1. The Hall–Kier alpha value is -1.33. The zero-order valence-corrected chi connectivity index (χ0v) is 11.9. The van der Waals surface area contributed by atoms with Crippen molar-refractivity contribution in [3.05, 3.63) is 40.2 Å². The number of hydrogen-bond acceptors (Lipinski definition) is 3. The molecule has 0 aliphatic carbocycles. The van der Waals surface area contributed by atoms with Gasteiger partial charge < -0.3 is 5.32 Å². The minimum atomic E-state index is -0.583. The maximum Gasteiger partial charge on any atom is 0.135 e. The summed E-state index contributed by atoms with van der Waals surface area (Å²) in [6.07, 6.45) is 0. The Bertz CT molecular complexity index is 573. The van der Waals surface area contributed by atoms with Gasteiger partial charge in [0.2, 0.25) is 0 Å². The van der Waals surface area contributed by atoms with Gasteiger partial charge in [0, 0.05) is 29.1 Å². The fraction of sp³-hybridized carbons (Fsp3) is 0.357. The molecule has 19 heavy (non-hydrogen) atoms. The van der Waals surface area contributed by atoms with Crippen LogP contribution in [0.2, 0.25) is 0 Å². The number of nitrogens with one attached hydrogen (secondary N) is 1. The lowest BCUT2D eigenvalue weighted by Gasteiger charge is -2.19. The van der Waals surface area contributed by atoms with Crippen LogP contribution in [0.3, 0.4) is 0 Å². The van der Waals surface area contributed by atoms with Crippen LogP contribution in [-0.4, -0.2) is 10.5 Å². The smallest absolute Gasteiger partial charge is 0.135 e. The molecule has 2 rings (SSSR count). The summed E-state index contributed by atoms with van der Waals surface area (Å²) in [6.45, 7) is 6.85. The molecule has 0 aliphatic heterocycles. The molecule has 0 atom stereocenters. The highest BCUT2D eigenvalue weighted by Gasteiger charge is 2.13. The van der Waals surface area contributed by atoms with Crippen molar-refractivity contribution < 1.29 is 8.78 Å². The van der Waals surface area contributed by atoms with Crippen LogP contribution in [0.5, 0.6) is 0 Å². The van der Waals surface area contributed by atoms with Crippen molar-refractivity contribution in [1.29, 1.82) is 0 Å². The molecule has 0 bridgehead atoms. The minimum Gasteiger partial charge on any atom is -0.306 e. The van der Waals surface area contributed by atoms with E-state index in [0.29, 0.717) is 17.8 Å². The number of hydrogen-bond donors (Lipinski definition) is 1. The number of aromatic nitrogens is 1. The van der Waals surface area contributed by atoms with E-state index in [4.69, 9.17) is 0 Å². The van der Waals surface area contributed by atoms with Crippen LogP contribution in [0.25, 0.3) is 11.3 Å². The van der Waals surface area contributed by atoms with E-state index in [0.717, 1.165) is 11.1 Å². The lowest BCUT2D eigenvalue weighted by Crippen LogP contribution is -2.34. The van der Waals surface area contributed by atoms with Crippen LogP contribution in [0.4, 0.5) is 8.78 Å². The van der Waals surface area contributed by atoms with E-state index < -0.39 is 11.6 Å². The Labute approximate surface area is 115 Å². The van der Waals surface area contributed by atoms with Gasteiger partial charge in [-0.1, -0.05) is 0 Å². The second-order valence-electron chi connectivity index (χ2n) is 5.35. The van der Waals surface area contributed by atoms with E-state index in [1.54, 1.807) is 5.38 Å². The maximum atomic E-state index is 13.6. The topological polar surface area (TPSA) is 24.9 Å². The molecule has 0 saturated carbocycles. The Morgan fingerprint density at radius 2 is 2.00 bits per heavy atom. The highest BCUT2D eigenvalue weighted by Crippen LogP contribution is 2.25. The standard InChI is InChI=1S/C14H16F2N2S/c1-14(2,3)17-7-13-18-12(8-19-13)10-5-4-9(15)6-11(10)16/h4-6,8,17H,7H2,1-3H3. The Balaban J connectivity index is 2.16. The Morgan fingerprint density at radius 3 is 2.63 bits per heavy atom. The summed E-state index contributed by atoms with van der Waals surface area (Å²) in [6, 6.07) is 3.54. The first kappa shape index (κ1) is 14.1. The largest absolute Gasteiger partial charge is 0.306 e. The van der Waals surface area contributed by atoms with Crippen molar-refractivity contribution >= 4 is 11.3 Å². The van der Waals surface area contributed by atoms with Gasteiger partial charge in [0.25, 0.3) is 0 Å². The molecule has 0 saturated heterocycles. The third kappa shape index (κ3) is 3.81. The average Bonchev–Trinajstić information content (AvgIpc) is 2.74. The van der Waals surface area contributed by atoms with Gasteiger partial charge in [0.05, 0.1) is 5.69 Å². The SMILES string of the molecule is CC(C)(C)NCc1nc(-c2ccc(F)cc2F)cs1. The van der Waals surface area contributed by atoms with Crippen LogP contribution < -0.4 is 5.32 Å². The van der Waals surface area contributed by atoms with Crippen molar-refractivity contribution in [2.75, 3.05) is 0 Å². The molecule has 1 heterocycles. The average molecular weight is 282 g/mol. The normalized spacial score (nSPS) is 11.8. The van der Waals surface area contributed by atoms with Crippen LogP contribution in [0.1, 0.15) is 25.8 Å². The van der Waals surface area contributed by atoms with Crippen molar-refractivity contribution in [3.8, 4) is 11.3 Å². The number of halogens is 2. The second kappa shape index (κ2) is 5.35. The first-order valence-corrected chi connectivity index (χ1v) is 6.88. The maximum absolute atomic E-state index is 13.6. The molecule has 2 aromatic rings. The number of nitrogens with zero attached hydrogens (tertiary/aromatic N) is 1. The summed E-state index contributed by atoms with van der Waals surface area (Å²) >= 11 is 1.46. The van der Waals surface area contributed by atoms with E-state index in [2.05, 4.69) is 31.1 Å². The zero-order chi connectivity index (χ0) is 14.0. The van der Waals surface area contributed by atoms with Gasteiger partial charge in [-0.25, -0.2) is 13.8 Å². The first-order valence-electron chi connectivity index (χ1n) is 6.00. The van der Waals surface area contributed by atoms with Crippen molar-refractivity contribution in [1.82, 2.24) is 10.3 Å². The van der Waals surface area contributed by atoms with Crippen molar-refractivity contribution in [2.45, 2.75) is 32.9 Å². The Morgan fingerprint density at radius 1 is 1.26 bits per heavy atom. The number of thiazole rings is 1. The minimum absolute atomic E-state index is 0.00690. The molecule has 1 aromatic heterocycles. The van der Waals surface area contributed by atoms with E-state index in [1.807, 2.05) is 0 Å². The fourth-order valence-corrected chi connectivity index (χ4v) is 2.29. The van der Waals surface area contributed by atoms with Gasteiger partial charge in [0.15, 0.2) is 0 Å². The van der Waals surface area contributed by atoms with Crippen molar-refractivity contribution in [3.63, 3.8) is 0 Å². The van der Waals surface area contributed by atoms with Crippen LogP contribution in [-0.2, 0) is 6.54 Å². The molecular weight excluding hydrogens is 266 g/mol. The van der Waals surface area contributed by atoms with Crippen molar-refractivity contribution in [2.24, 2.45) is 0 Å². The van der Waals surface area contributed by atoms with Gasteiger partial charge in [-0.2, -0.15) is 0 Å². The first-order chi connectivity index (χ1) is 8.85. The van der Waals surface area contributed by atoms with Gasteiger partial charge in [-0.05, 0) is 32.9 Å². The monoisotopic (exact) mass is 282 g/mol. The highest BCUT2D eigenvalue weighted by atomic mass is 32.1. The third-order valence-electron chi connectivity index (χ3n) is 2.53. The lowest BCUT2D eigenvalue weighted by atomic mass is 10.1. The Kier molecular flexibility index (Phi) is 3.96. The predicted octanol–water partition coefficient (Wildman–Crippen LogP) is 3.98.